The molecular weight excluding hydrogens is 302 g/mol. The van der Waals surface area contributed by atoms with Crippen LogP contribution >= 0.6 is 0 Å². The van der Waals surface area contributed by atoms with Gasteiger partial charge in [-0.2, -0.15) is 10.2 Å². The third-order valence-corrected chi connectivity index (χ3v) is 4.10. The van der Waals surface area contributed by atoms with E-state index in [2.05, 4.69) is 20.6 Å². The SMILES string of the molecule is CC1=NN(c2ccc(C(=O)Nc3ccc4[nH]ncc4c3)cc2)CC1. The van der Waals surface area contributed by atoms with Crippen molar-refractivity contribution in [2.24, 2.45) is 5.10 Å². The molecule has 0 unspecified atom stereocenters. The van der Waals surface area contributed by atoms with E-state index >= 15 is 0 Å². The number of nitrogens with one attached hydrogen (secondary N) is 2. The highest BCUT2D eigenvalue weighted by Gasteiger charge is 2.13. The van der Waals surface area contributed by atoms with Crippen LogP contribution < -0.4 is 10.3 Å². The molecule has 6 nitrogen and oxygen atoms in total. The minimum absolute atomic E-state index is 0.134. The van der Waals surface area contributed by atoms with Crippen LogP contribution in [0.1, 0.15) is 23.7 Å². The number of hydrogen-bond donors (Lipinski definition) is 2. The Balaban J connectivity index is 1.49. The molecule has 0 radical (unpaired) electrons. The van der Waals surface area contributed by atoms with Crippen LogP contribution in [0.15, 0.2) is 53.8 Å². The first-order chi connectivity index (χ1) is 11.7. The Morgan fingerprint density at radius 2 is 2.04 bits per heavy atom. The lowest BCUT2D eigenvalue weighted by Gasteiger charge is -2.14. The standard InChI is InChI=1S/C18H17N5O/c1-12-8-9-23(22-12)16-5-2-13(3-6-16)18(24)20-15-4-7-17-14(10-15)11-19-21-17/h2-7,10-11H,8-9H2,1H3,(H,19,21)(H,20,24). The van der Waals surface area contributed by atoms with Gasteiger partial charge in [-0.1, -0.05) is 0 Å². The van der Waals surface area contributed by atoms with Gasteiger partial charge in [-0.15, -0.1) is 0 Å². The van der Waals surface area contributed by atoms with Crippen LogP contribution in [0.25, 0.3) is 10.9 Å². The Bertz CT molecular complexity index is 926. The molecule has 2 heterocycles. The van der Waals surface area contributed by atoms with Gasteiger partial charge in [0.05, 0.1) is 17.4 Å². The number of carbonyl (C=O) groups excluding carboxylic acids is 1. The number of hydrazone groups is 1. The summed E-state index contributed by atoms with van der Waals surface area (Å²) in [6, 6.07) is 13.1. The summed E-state index contributed by atoms with van der Waals surface area (Å²) in [7, 11) is 0. The maximum atomic E-state index is 12.4. The van der Waals surface area contributed by atoms with Crippen LogP contribution in [0.3, 0.4) is 0 Å². The Kier molecular flexibility index (Phi) is 3.49. The van der Waals surface area contributed by atoms with Crippen LogP contribution in [0.2, 0.25) is 0 Å². The fourth-order valence-corrected chi connectivity index (χ4v) is 2.77. The zero-order chi connectivity index (χ0) is 16.5. The molecule has 1 amide bonds. The van der Waals surface area contributed by atoms with Gasteiger partial charge in [0.15, 0.2) is 0 Å². The van der Waals surface area contributed by atoms with E-state index in [9.17, 15) is 4.79 Å². The van der Waals surface area contributed by atoms with Gasteiger partial charge < -0.3 is 5.32 Å². The molecule has 0 bridgehead atoms. The third kappa shape index (κ3) is 2.74. The maximum absolute atomic E-state index is 12.4. The van der Waals surface area contributed by atoms with Crippen molar-refractivity contribution < 1.29 is 4.79 Å². The number of nitrogens with zero attached hydrogens (tertiary/aromatic N) is 3. The van der Waals surface area contributed by atoms with Crippen molar-refractivity contribution in [2.75, 3.05) is 16.9 Å². The predicted molar refractivity (Wildman–Crippen MR) is 95.6 cm³/mol. The first-order valence-corrected chi connectivity index (χ1v) is 7.85. The van der Waals surface area contributed by atoms with Crippen molar-refractivity contribution in [3.63, 3.8) is 0 Å². The van der Waals surface area contributed by atoms with E-state index in [1.807, 2.05) is 54.4 Å². The normalized spacial score (nSPS) is 14.0. The number of benzene rings is 2. The van der Waals surface area contributed by atoms with E-state index in [0.717, 1.165) is 41.0 Å². The van der Waals surface area contributed by atoms with E-state index in [0.29, 0.717) is 5.56 Å². The second-order valence-corrected chi connectivity index (χ2v) is 5.88. The number of carbonyl (C=O) groups is 1. The molecule has 120 valence electrons. The average molecular weight is 319 g/mol. The Hall–Kier alpha value is -3.15. The maximum Gasteiger partial charge on any atom is 0.255 e. The van der Waals surface area contributed by atoms with Crippen molar-refractivity contribution in [3.05, 3.63) is 54.2 Å². The number of rotatable bonds is 3. The van der Waals surface area contributed by atoms with Gasteiger partial charge in [-0.25, -0.2) is 0 Å². The number of amides is 1. The highest BCUT2D eigenvalue weighted by Crippen LogP contribution is 2.21. The van der Waals surface area contributed by atoms with Gasteiger partial charge in [-0.05, 0) is 49.4 Å². The van der Waals surface area contributed by atoms with Crippen molar-refractivity contribution in [2.45, 2.75) is 13.3 Å². The molecule has 0 spiro atoms. The molecule has 3 aromatic rings. The van der Waals surface area contributed by atoms with E-state index in [4.69, 9.17) is 0 Å². The highest BCUT2D eigenvalue weighted by atomic mass is 16.1. The zero-order valence-electron chi connectivity index (χ0n) is 13.3. The molecule has 0 fully saturated rings. The van der Waals surface area contributed by atoms with Crippen LogP contribution in [0, 0.1) is 0 Å². The van der Waals surface area contributed by atoms with Gasteiger partial charge in [0.2, 0.25) is 0 Å². The molecule has 0 aliphatic carbocycles. The first-order valence-electron chi connectivity index (χ1n) is 7.85. The lowest BCUT2D eigenvalue weighted by molar-refractivity contribution is 0.102. The molecule has 1 aliphatic heterocycles. The summed E-state index contributed by atoms with van der Waals surface area (Å²) in [5.41, 5.74) is 4.44. The van der Waals surface area contributed by atoms with Crippen molar-refractivity contribution in [1.82, 2.24) is 10.2 Å². The molecule has 24 heavy (non-hydrogen) atoms. The van der Waals surface area contributed by atoms with Crippen molar-refractivity contribution in [3.8, 4) is 0 Å². The summed E-state index contributed by atoms with van der Waals surface area (Å²) >= 11 is 0. The van der Waals surface area contributed by atoms with Crippen molar-refractivity contribution >= 4 is 33.9 Å². The second kappa shape index (κ2) is 5.81. The van der Waals surface area contributed by atoms with Gasteiger partial charge in [0, 0.05) is 35.3 Å². The molecule has 4 rings (SSSR count). The average Bonchev–Trinajstić information content (AvgIpc) is 3.23. The molecule has 2 aromatic carbocycles. The molecule has 6 heteroatoms. The molecular formula is C18H17N5O. The van der Waals surface area contributed by atoms with Crippen LogP contribution in [0.5, 0.6) is 0 Å². The lowest BCUT2D eigenvalue weighted by atomic mass is 10.1. The molecule has 1 aromatic heterocycles. The Morgan fingerprint density at radius 1 is 1.21 bits per heavy atom. The van der Waals surface area contributed by atoms with Crippen LogP contribution in [0.4, 0.5) is 11.4 Å². The molecule has 0 atom stereocenters. The molecule has 2 N–H and O–H groups in total. The van der Waals surface area contributed by atoms with Crippen LogP contribution in [-0.4, -0.2) is 28.4 Å². The van der Waals surface area contributed by atoms with E-state index in [1.165, 1.54) is 0 Å². The summed E-state index contributed by atoms with van der Waals surface area (Å²) < 4.78 is 0. The number of fused-ring (bicyclic) bond motifs is 1. The summed E-state index contributed by atoms with van der Waals surface area (Å²) in [5, 5.41) is 17.2. The van der Waals surface area contributed by atoms with Gasteiger partial charge in [0.1, 0.15) is 0 Å². The number of hydrogen-bond acceptors (Lipinski definition) is 4. The highest BCUT2D eigenvalue weighted by molar-refractivity contribution is 6.05. The van der Waals surface area contributed by atoms with Gasteiger partial charge >= 0.3 is 0 Å². The fourth-order valence-electron chi connectivity index (χ4n) is 2.77. The molecule has 0 saturated carbocycles. The smallest absolute Gasteiger partial charge is 0.255 e. The topological polar surface area (TPSA) is 73.4 Å². The number of aromatic amines is 1. The lowest BCUT2D eigenvalue weighted by Crippen LogP contribution is -2.14. The number of anilines is 2. The van der Waals surface area contributed by atoms with Gasteiger partial charge in [0.25, 0.3) is 5.91 Å². The number of H-pyrrole nitrogens is 1. The van der Waals surface area contributed by atoms with E-state index < -0.39 is 0 Å². The van der Waals surface area contributed by atoms with E-state index in [1.54, 1.807) is 6.20 Å². The minimum Gasteiger partial charge on any atom is -0.322 e. The minimum atomic E-state index is -0.134. The van der Waals surface area contributed by atoms with Crippen molar-refractivity contribution in [1.29, 1.82) is 0 Å². The third-order valence-electron chi connectivity index (χ3n) is 4.10. The second-order valence-electron chi connectivity index (χ2n) is 5.88. The van der Waals surface area contributed by atoms with E-state index in [-0.39, 0.29) is 5.91 Å². The summed E-state index contributed by atoms with van der Waals surface area (Å²) in [4.78, 5) is 12.4. The molecule has 1 aliphatic rings. The number of aromatic nitrogens is 2. The Morgan fingerprint density at radius 3 is 2.79 bits per heavy atom. The molecule has 0 saturated heterocycles. The summed E-state index contributed by atoms with van der Waals surface area (Å²) in [6.07, 6.45) is 2.72. The fraction of sp³-hybridized carbons (Fsp3) is 0.167. The Labute approximate surface area is 139 Å². The first kappa shape index (κ1) is 14.4. The largest absolute Gasteiger partial charge is 0.322 e. The van der Waals surface area contributed by atoms with Crippen LogP contribution in [-0.2, 0) is 0 Å². The predicted octanol–water partition coefficient (Wildman–Crippen LogP) is 3.40. The zero-order valence-corrected chi connectivity index (χ0v) is 13.3. The quantitative estimate of drug-likeness (QED) is 0.777. The monoisotopic (exact) mass is 319 g/mol. The summed E-state index contributed by atoms with van der Waals surface area (Å²) in [6.45, 7) is 2.92. The van der Waals surface area contributed by atoms with Gasteiger partial charge in [-0.3, -0.25) is 14.9 Å². The summed E-state index contributed by atoms with van der Waals surface area (Å²) in [5.74, 6) is -0.134.